The molecule has 0 bridgehead atoms. The second-order valence-electron chi connectivity index (χ2n) is 8.10. The molecule has 5 nitrogen and oxygen atoms in total. The lowest BCUT2D eigenvalue weighted by Crippen LogP contribution is -2.46. The average molecular weight is 446 g/mol. The average Bonchev–Trinajstić information content (AvgIpc) is 2.80. The lowest BCUT2D eigenvalue weighted by molar-refractivity contribution is -0.142. The fraction of sp³-hybridized carbons (Fsp3) is 0.417. The van der Waals surface area contributed by atoms with Gasteiger partial charge >= 0.3 is 6.18 Å². The maximum atomic E-state index is 13.5. The summed E-state index contributed by atoms with van der Waals surface area (Å²) in [7, 11) is 3.09. The number of halogens is 3. The van der Waals surface area contributed by atoms with Crippen LogP contribution in [0.4, 0.5) is 13.2 Å². The minimum absolute atomic E-state index is 0.0259. The topological polar surface area (TPSA) is 51.1 Å². The van der Waals surface area contributed by atoms with Gasteiger partial charge in [-0.1, -0.05) is 31.0 Å². The molecule has 1 amide bonds. The van der Waals surface area contributed by atoms with Gasteiger partial charge in [0.05, 0.1) is 32.0 Å². The quantitative estimate of drug-likeness (QED) is 0.628. The van der Waals surface area contributed by atoms with Crippen molar-refractivity contribution in [2.75, 3.05) is 14.2 Å². The van der Waals surface area contributed by atoms with E-state index in [2.05, 4.69) is 5.10 Å². The largest absolute Gasteiger partial charge is 0.493 e. The molecule has 1 aliphatic heterocycles. The molecule has 0 saturated heterocycles. The van der Waals surface area contributed by atoms with E-state index in [-0.39, 0.29) is 29.9 Å². The van der Waals surface area contributed by atoms with Crippen LogP contribution in [-0.2, 0) is 17.5 Å². The molecule has 1 saturated carbocycles. The van der Waals surface area contributed by atoms with Gasteiger partial charge in [-0.05, 0) is 42.7 Å². The number of carbonyl (C=O) groups is 1. The molecule has 2 aromatic carbocycles. The Morgan fingerprint density at radius 1 is 1.00 bits per heavy atom. The number of rotatable bonds is 5. The minimum atomic E-state index is -4.50. The first-order valence-electron chi connectivity index (χ1n) is 10.6. The fourth-order valence-corrected chi connectivity index (χ4v) is 4.68. The summed E-state index contributed by atoms with van der Waals surface area (Å²) in [4.78, 5) is 13.2. The highest BCUT2D eigenvalue weighted by molar-refractivity contribution is 6.07. The standard InChI is InChI=1S/C24H25F3N2O3/c1-31-20-12-11-15(13-21(20)32-2)22-17-8-4-5-9-18(17)23(30)29(28-22)14-16-7-3-6-10-19(16)24(25,26)27/h3,6-7,10-13,17-18H,4-5,8-9,14H2,1-2H3/t17-,18+/m1/s1. The highest BCUT2D eigenvalue weighted by Crippen LogP contribution is 2.40. The van der Waals surface area contributed by atoms with Crippen LogP contribution in [0.1, 0.15) is 42.4 Å². The number of benzene rings is 2. The molecule has 0 unspecified atom stereocenters. The van der Waals surface area contributed by atoms with Crippen LogP contribution in [0.3, 0.4) is 0 Å². The van der Waals surface area contributed by atoms with E-state index in [4.69, 9.17) is 9.47 Å². The molecule has 1 aliphatic carbocycles. The number of hydrazone groups is 1. The Labute approximate surface area is 184 Å². The van der Waals surface area contributed by atoms with Crippen molar-refractivity contribution in [1.82, 2.24) is 5.01 Å². The molecule has 0 spiro atoms. The Hall–Kier alpha value is -3.03. The van der Waals surface area contributed by atoms with Gasteiger partial charge in [0.15, 0.2) is 11.5 Å². The number of fused-ring (bicyclic) bond motifs is 1. The van der Waals surface area contributed by atoms with Crippen molar-refractivity contribution in [1.29, 1.82) is 0 Å². The minimum Gasteiger partial charge on any atom is -0.493 e. The Balaban J connectivity index is 1.76. The summed E-state index contributed by atoms with van der Waals surface area (Å²) in [6.07, 6.45) is -1.08. The number of alkyl halides is 3. The van der Waals surface area contributed by atoms with Gasteiger partial charge in [-0.25, -0.2) is 5.01 Å². The van der Waals surface area contributed by atoms with E-state index >= 15 is 0 Å². The molecule has 1 heterocycles. The molecule has 1 fully saturated rings. The number of carbonyl (C=O) groups excluding carboxylic acids is 1. The first-order chi connectivity index (χ1) is 15.3. The van der Waals surface area contributed by atoms with Crippen LogP contribution < -0.4 is 9.47 Å². The van der Waals surface area contributed by atoms with Crippen LogP contribution >= 0.6 is 0 Å². The number of ether oxygens (including phenoxy) is 2. The second-order valence-corrected chi connectivity index (χ2v) is 8.10. The van der Waals surface area contributed by atoms with Crippen LogP contribution in [0.25, 0.3) is 0 Å². The summed E-state index contributed by atoms with van der Waals surface area (Å²) in [6, 6.07) is 10.8. The van der Waals surface area contributed by atoms with Crippen molar-refractivity contribution in [2.24, 2.45) is 16.9 Å². The molecule has 0 N–H and O–H groups in total. The zero-order chi connectivity index (χ0) is 22.9. The normalized spacial score (nSPS) is 21.1. The summed E-state index contributed by atoms with van der Waals surface area (Å²) in [6.45, 7) is -0.228. The van der Waals surface area contributed by atoms with Gasteiger partial charge in [0.2, 0.25) is 5.91 Å². The number of hydrogen-bond acceptors (Lipinski definition) is 4. The third-order valence-corrected chi connectivity index (χ3v) is 6.24. The summed E-state index contributed by atoms with van der Waals surface area (Å²) in [5.41, 5.74) is 0.764. The lowest BCUT2D eigenvalue weighted by atomic mass is 9.73. The van der Waals surface area contributed by atoms with Crippen molar-refractivity contribution >= 4 is 11.6 Å². The van der Waals surface area contributed by atoms with Gasteiger partial charge in [0.25, 0.3) is 0 Å². The predicted molar refractivity (Wildman–Crippen MR) is 114 cm³/mol. The smallest absolute Gasteiger partial charge is 0.416 e. The Bertz CT molecular complexity index is 1040. The number of nitrogens with zero attached hydrogens (tertiary/aromatic N) is 2. The molecule has 4 rings (SSSR count). The highest BCUT2D eigenvalue weighted by atomic mass is 19.4. The SMILES string of the molecule is COc1ccc(C2=NN(Cc3ccccc3C(F)(F)F)C(=O)[C@H]3CCCC[C@@H]23)cc1OC. The van der Waals surface area contributed by atoms with Crippen molar-refractivity contribution in [3.05, 3.63) is 59.2 Å². The molecule has 8 heteroatoms. The third-order valence-electron chi connectivity index (χ3n) is 6.24. The fourth-order valence-electron chi connectivity index (χ4n) is 4.68. The summed E-state index contributed by atoms with van der Waals surface area (Å²) in [5.74, 6) is 0.535. The van der Waals surface area contributed by atoms with E-state index in [0.717, 1.165) is 30.9 Å². The van der Waals surface area contributed by atoms with Crippen LogP contribution in [-0.4, -0.2) is 30.8 Å². The summed E-state index contributed by atoms with van der Waals surface area (Å²) >= 11 is 0. The molecule has 170 valence electrons. The molecular formula is C24H25F3N2O3. The Morgan fingerprint density at radius 2 is 1.69 bits per heavy atom. The number of methoxy groups -OCH3 is 2. The van der Waals surface area contributed by atoms with Gasteiger partial charge in [-0.15, -0.1) is 0 Å². The van der Waals surface area contributed by atoms with Gasteiger partial charge in [-0.3, -0.25) is 4.79 Å². The van der Waals surface area contributed by atoms with E-state index in [0.29, 0.717) is 23.6 Å². The van der Waals surface area contributed by atoms with Crippen LogP contribution in [0, 0.1) is 11.8 Å². The first kappa shape index (κ1) is 22.2. The zero-order valence-electron chi connectivity index (χ0n) is 18.0. The van der Waals surface area contributed by atoms with Crippen LogP contribution in [0.2, 0.25) is 0 Å². The molecule has 0 aromatic heterocycles. The summed E-state index contributed by atoms with van der Waals surface area (Å²) in [5, 5.41) is 5.81. The van der Waals surface area contributed by atoms with E-state index in [1.54, 1.807) is 25.3 Å². The van der Waals surface area contributed by atoms with E-state index < -0.39 is 11.7 Å². The highest BCUT2D eigenvalue weighted by Gasteiger charge is 2.42. The molecule has 2 atom stereocenters. The Kier molecular flexibility index (Phi) is 6.13. The molecular weight excluding hydrogens is 421 g/mol. The van der Waals surface area contributed by atoms with Crippen molar-refractivity contribution in [2.45, 2.75) is 38.4 Å². The van der Waals surface area contributed by atoms with E-state index in [1.807, 2.05) is 6.07 Å². The molecule has 2 aliphatic rings. The van der Waals surface area contributed by atoms with Gasteiger partial charge in [0, 0.05) is 17.4 Å². The van der Waals surface area contributed by atoms with Crippen molar-refractivity contribution in [3.8, 4) is 11.5 Å². The first-order valence-corrected chi connectivity index (χ1v) is 10.6. The molecule has 2 aromatic rings. The van der Waals surface area contributed by atoms with Gasteiger partial charge in [-0.2, -0.15) is 18.3 Å². The van der Waals surface area contributed by atoms with E-state index in [1.165, 1.54) is 24.3 Å². The molecule has 32 heavy (non-hydrogen) atoms. The number of amides is 1. The lowest BCUT2D eigenvalue weighted by Gasteiger charge is -2.39. The van der Waals surface area contributed by atoms with E-state index in [9.17, 15) is 18.0 Å². The maximum absolute atomic E-state index is 13.5. The maximum Gasteiger partial charge on any atom is 0.416 e. The van der Waals surface area contributed by atoms with Gasteiger partial charge in [0.1, 0.15) is 0 Å². The third kappa shape index (κ3) is 4.18. The number of hydrogen-bond donors (Lipinski definition) is 0. The van der Waals surface area contributed by atoms with Crippen molar-refractivity contribution < 1.29 is 27.4 Å². The van der Waals surface area contributed by atoms with Crippen molar-refractivity contribution in [3.63, 3.8) is 0 Å². The molecule has 0 radical (unpaired) electrons. The van der Waals surface area contributed by atoms with Gasteiger partial charge < -0.3 is 9.47 Å². The predicted octanol–water partition coefficient (Wildman–Crippen LogP) is 5.28. The Morgan fingerprint density at radius 3 is 2.38 bits per heavy atom. The van der Waals surface area contributed by atoms with Crippen LogP contribution in [0.15, 0.2) is 47.6 Å². The monoisotopic (exact) mass is 446 g/mol. The zero-order valence-corrected chi connectivity index (χ0v) is 18.0. The van der Waals surface area contributed by atoms with Crippen LogP contribution in [0.5, 0.6) is 11.5 Å². The second kappa shape index (κ2) is 8.84. The summed E-state index contributed by atoms with van der Waals surface area (Å²) < 4.78 is 51.2.